The second-order valence-electron chi connectivity index (χ2n) is 4.33. The van der Waals surface area contributed by atoms with E-state index in [1.54, 1.807) is 11.3 Å². The maximum atomic E-state index is 13.7. The van der Waals surface area contributed by atoms with Gasteiger partial charge in [0.1, 0.15) is 11.6 Å². The Balaban J connectivity index is 2.21. The quantitative estimate of drug-likeness (QED) is 0.906. The molecule has 1 heterocycles. The van der Waals surface area contributed by atoms with E-state index in [9.17, 15) is 8.78 Å². The highest BCUT2D eigenvalue weighted by atomic mass is 32.1. The second-order valence-corrected chi connectivity index (χ2v) is 5.60. The number of aromatic nitrogens is 1. The molecular weight excluding hydrogens is 266 g/mol. The Morgan fingerprint density at radius 2 is 2.16 bits per heavy atom. The number of nitrogens with zero attached hydrogens (tertiary/aromatic N) is 1. The Morgan fingerprint density at radius 3 is 2.74 bits per heavy atom. The minimum Gasteiger partial charge on any atom is -0.309 e. The van der Waals surface area contributed by atoms with Crippen molar-refractivity contribution in [1.82, 2.24) is 10.3 Å². The molecule has 0 aliphatic rings. The molecule has 2 rings (SSSR count). The Hall–Kier alpha value is -1.33. The van der Waals surface area contributed by atoms with Crippen molar-refractivity contribution in [2.24, 2.45) is 0 Å². The normalized spacial score (nSPS) is 12.6. The van der Waals surface area contributed by atoms with Crippen LogP contribution in [0.25, 0.3) is 0 Å². The summed E-state index contributed by atoms with van der Waals surface area (Å²) in [6, 6.07) is 3.73. The first-order valence-electron chi connectivity index (χ1n) is 6.19. The standard InChI is InChI=1S/C14H16F2N2S/c1-3-17-13(14-8-18-9(2)19-14)6-10-4-5-11(15)7-12(10)16/h4-5,7-8,13,17H,3,6H2,1-2H3. The monoisotopic (exact) mass is 282 g/mol. The Kier molecular flexibility index (Phi) is 4.61. The maximum Gasteiger partial charge on any atom is 0.129 e. The molecule has 1 unspecified atom stereocenters. The maximum absolute atomic E-state index is 13.7. The second kappa shape index (κ2) is 6.21. The molecule has 0 radical (unpaired) electrons. The highest BCUT2D eigenvalue weighted by Crippen LogP contribution is 2.25. The van der Waals surface area contributed by atoms with Gasteiger partial charge in [0.25, 0.3) is 0 Å². The molecule has 1 atom stereocenters. The average Bonchev–Trinajstić information content (AvgIpc) is 2.78. The van der Waals surface area contributed by atoms with Crippen LogP contribution in [-0.2, 0) is 6.42 Å². The van der Waals surface area contributed by atoms with Gasteiger partial charge in [0, 0.05) is 23.2 Å². The fraction of sp³-hybridized carbons (Fsp3) is 0.357. The van der Waals surface area contributed by atoms with Gasteiger partial charge in [0.05, 0.1) is 5.01 Å². The fourth-order valence-electron chi connectivity index (χ4n) is 1.97. The number of benzene rings is 1. The Morgan fingerprint density at radius 1 is 1.37 bits per heavy atom. The van der Waals surface area contributed by atoms with E-state index in [1.165, 1.54) is 12.1 Å². The molecule has 0 saturated heterocycles. The largest absolute Gasteiger partial charge is 0.309 e. The summed E-state index contributed by atoms with van der Waals surface area (Å²) in [5.74, 6) is -1.04. The number of aryl methyl sites for hydroxylation is 1. The molecule has 1 N–H and O–H groups in total. The average molecular weight is 282 g/mol. The number of halogens is 2. The highest BCUT2D eigenvalue weighted by molar-refractivity contribution is 7.11. The first kappa shape index (κ1) is 14.1. The van der Waals surface area contributed by atoms with E-state index in [1.807, 2.05) is 20.0 Å². The van der Waals surface area contributed by atoms with Gasteiger partial charge in [-0.1, -0.05) is 13.0 Å². The highest BCUT2D eigenvalue weighted by Gasteiger charge is 2.16. The van der Waals surface area contributed by atoms with E-state index in [2.05, 4.69) is 10.3 Å². The molecule has 0 saturated carbocycles. The van der Waals surface area contributed by atoms with Crippen LogP contribution >= 0.6 is 11.3 Å². The first-order chi connectivity index (χ1) is 9.10. The van der Waals surface area contributed by atoms with Crippen molar-refractivity contribution in [3.63, 3.8) is 0 Å². The van der Waals surface area contributed by atoms with Crippen molar-refractivity contribution < 1.29 is 8.78 Å². The fourth-order valence-corrected chi connectivity index (χ4v) is 2.83. The van der Waals surface area contributed by atoms with E-state index < -0.39 is 11.6 Å². The van der Waals surface area contributed by atoms with Crippen LogP contribution in [0.4, 0.5) is 8.78 Å². The van der Waals surface area contributed by atoms with Crippen molar-refractivity contribution in [3.05, 3.63) is 51.5 Å². The number of nitrogens with one attached hydrogen (secondary N) is 1. The van der Waals surface area contributed by atoms with Crippen molar-refractivity contribution >= 4 is 11.3 Å². The SMILES string of the molecule is CCNC(Cc1ccc(F)cc1F)c1cnc(C)s1. The number of hydrogen-bond donors (Lipinski definition) is 1. The van der Waals surface area contributed by atoms with E-state index in [0.29, 0.717) is 12.0 Å². The summed E-state index contributed by atoms with van der Waals surface area (Å²) in [4.78, 5) is 5.29. The minimum atomic E-state index is -0.546. The molecule has 102 valence electrons. The summed E-state index contributed by atoms with van der Waals surface area (Å²) in [5.41, 5.74) is 0.512. The Bertz CT molecular complexity index is 554. The number of thiazole rings is 1. The summed E-state index contributed by atoms with van der Waals surface area (Å²) in [6.45, 7) is 4.72. The summed E-state index contributed by atoms with van der Waals surface area (Å²) < 4.78 is 26.6. The van der Waals surface area contributed by atoms with Crippen molar-refractivity contribution in [2.75, 3.05) is 6.54 Å². The lowest BCUT2D eigenvalue weighted by atomic mass is 10.0. The number of rotatable bonds is 5. The van der Waals surface area contributed by atoms with Crippen LogP contribution in [0.3, 0.4) is 0 Å². The van der Waals surface area contributed by atoms with E-state index >= 15 is 0 Å². The smallest absolute Gasteiger partial charge is 0.129 e. The lowest BCUT2D eigenvalue weighted by Gasteiger charge is -2.16. The van der Waals surface area contributed by atoms with Gasteiger partial charge in [0.15, 0.2) is 0 Å². The third-order valence-electron chi connectivity index (χ3n) is 2.87. The third-order valence-corrected chi connectivity index (χ3v) is 3.90. The van der Waals surface area contributed by atoms with Gasteiger partial charge in [-0.3, -0.25) is 0 Å². The van der Waals surface area contributed by atoms with Crippen LogP contribution in [0.15, 0.2) is 24.4 Å². The predicted molar refractivity (Wildman–Crippen MR) is 73.3 cm³/mol. The minimum absolute atomic E-state index is 0.0103. The van der Waals surface area contributed by atoms with Gasteiger partial charge < -0.3 is 5.32 Å². The third kappa shape index (κ3) is 3.58. The molecule has 1 aromatic heterocycles. The Labute approximate surface area is 115 Å². The predicted octanol–water partition coefficient (Wildman–Crippen LogP) is 3.62. The molecule has 2 nitrogen and oxygen atoms in total. The van der Waals surface area contributed by atoms with E-state index in [-0.39, 0.29) is 6.04 Å². The van der Waals surface area contributed by atoms with Crippen LogP contribution in [0.1, 0.15) is 28.4 Å². The molecule has 5 heteroatoms. The van der Waals surface area contributed by atoms with Gasteiger partial charge in [0.2, 0.25) is 0 Å². The van der Waals surface area contributed by atoms with Crippen LogP contribution in [-0.4, -0.2) is 11.5 Å². The lowest BCUT2D eigenvalue weighted by molar-refractivity contribution is 0.525. The van der Waals surface area contributed by atoms with Crippen LogP contribution in [0, 0.1) is 18.6 Å². The molecule has 1 aromatic carbocycles. The van der Waals surface area contributed by atoms with Crippen LogP contribution < -0.4 is 5.32 Å². The van der Waals surface area contributed by atoms with Crippen molar-refractivity contribution in [3.8, 4) is 0 Å². The first-order valence-corrected chi connectivity index (χ1v) is 7.01. The van der Waals surface area contributed by atoms with Gasteiger partial charge in [-0.25, -0.2) is 13.8 Å². The molecule has 2 aromatic rings. The van der Waals surface area contributed by atoms with E-state index in [0.717, 1.165) is 22.5 Å². The van der Waals surface area contributed by atoms with Gasteiger partial charge in [-0.15, -0.1) is 11.3 Å². The molecular formula is C14H16F2N2S. The lowest BCUT2D eigenvalue weighted by Crippen LogP contribution is -2.22. The summed E-state index contributed by atoms with van der Waals surface area (Å²) >= 11 is 1.59. The van der Waals surface area contributed by atoms with Gasteiger partial charge in [-0.2, -0.15) is 0 Å². The summed E-state index contributed by atoms with van der Waals surface area (Å²) in [7, 11) is 0. The molecule has 0 fully saturated rings. The zero-order valence-electron chi connectivity index (χ0n) is 10.9. The summed E-state index contributed by atoms with van der Waals surface area (Å²) in [6.07, 6.45) is 2.30. The van der Waals surface area contributed by atoms with Gasteiger partial charge >= 0.3 is 0 Å². The molecule has 19 heavy (non-hydrogen) atoms. The number of likely N-dealkylation sites (N-methyl/N-ethyl adjacent to an activating group) is 1. The topological polar surface area (TPSA) is 24.9 Å². The van der Waals surface area contributed by atoms with Crippen LogP contribution in [0.5, 0.6) is 0 Å². The molecule has 0 spiro atoms. The van der Waals surface area contributed by atoms with Crippen molar-refractivity contribution in [2.45, 2.75) is 26.3 Å². The zero-order valence-corrected chi connectivity index (χ0v) is 11.7. The van der Waals surface area contributed by atoms with E-state index in [4.69, 9.17) is 0 Å². The molecule has 0 bridgehead atoms. The summed E-state index contributed by atoms with van der Waals surface area (Å²) in [5, 5.41) is 4.30. The van der Waals surface area contributed by atoms with Crippen molar-refractivity contribution in [1.29, 1.82) is 0 Å². The number of hydrogen-bond acceptors (Lipinski definition) is 3. The molecule has 0 amide bonds. The zero-order chi connectivity index (χ0) is 13.8. The molecule has 0 aliphatic carbocycles. The van der Waals surface area contributed by atoms with Gasteiger partial charge in [-0.05, 0) is 31.5 Å². The molecule has 0 aliphatic heterocycles. The van der Waals surface area contributed by atoms with Crippen LogP contribution in [0.2, 0.25) is 0 Å².